The van der Waals surface area contributed by atoms with Crippen LogP contribution in [-0.4, -0.2) is 23.2 Å². The van der Waals surface area contributed by atoms with Gasteiger partial charge < -0.3 is 10.4 Å². The van der Waals surface area contributed by atoms with Crippen LogP contribution < -0.4 is 5.32 Å². The first kappa shape index (κ1) is 12.9. The van der Waals surface area contributed by atoms with Crippen molar-refractivity contribution >= 4 is 5.91 Å². The quantitative estimate of drug-likeness (QED) is 0.793. The lowest BCUT2D eigenvalue weighted by molar-refractivity contribution is -0.132. The standard InChI is InChI=1S/C14H25NO2/c1-13(2)7-4-3-6-11(13)12(16)15-10-14(17)8-5-9-14/h11,17H,3-10H2,1-2H3,(H,15,16). The van der Waals surface area contributed by atoms with E-state index in [0.717, 1.165) is 38.5 Å². The first-order valence-electron chi connectivity index (χ1n) is 6.93. The van der Waals surface area contributed by atoms with E-state index in [0.29, 0.717) is 6.54 Å². The van der Waals surface area contributed by atoms with E-state index in [1.54, 1.807) is 0 Å². The molecule has 0 spiro atoms. The highest BCUT2D eigenvalue weighted by Gasteiger charge is 2.39. The van der Waals surface area contributed by atoms with Gasteiger partial charge in [0.15, 0.2) is 0 Å². The Morgan fingerprint density at radius 1 is 1.24 bits per heavy atom. The summed E-state index contributed by atoms with van der Waals surface area (Å²) >= 11 is 0. The summed E-state index contributed by atoms with van der Waals surface area (Å²) in [6, 6.07) is 0. The van der Waals surface area contributed by atoms with Gasteiger partial charge in [0.1, 0.15) is 0 Å². The van der Waals surface area contributed by atoms with Crippen molar-refractivity contribution in [2.45, 2.75) is 64.4 Å². The van der Waals surface area contributed by atoms with Crippen LogP contribution in [0, 0.1) is 11.3 Å². The Morgan fingerprint density at radius 3 is 2.47 bits per heavy atom. The third-order valence-corrected chi connectivity index (χ3v) is 4.70. The monoisotopic (exact) mass is 239 g/mol. The summed E-state index contributed by atoms with van der Waals surface area (Å²) in [6.07, 6.45) is 7.28. The molecule has 3 nitrogen and oxygen atoms in total. The van der Waals surface area contributed by atoms with E-state index in [2.05, 4.69) is 19.2 Å². The summed E-state index contributed by atoms with van der Waals surface area (Å²) in [7, 11) is 0. The Balaban J connectivity index is 1.86. The van der Waals surface area contributed by atoms with Crippen molar-refractivity contribution in [3.05, 3.63) is 0 Å². The maximum absolute atomic E-state index is 12.2. The highest BCUT2D eigenvalue weighted by Crippen LogP contribution is 2.40. The van der Waals surface area contributed by atoms with Crippen LogP contribution >= 0.6 is 0 Å². The third-order valence-electron chi connectivity index (χ3n) is 4.70. The summed E-state index contributed by atoms with van der Waals surface area (Å²) in [5.74, 6) is 0.273. The summed E-state index contributed by atoms with van der Waals surface area (Å²) in [6.45, 7) is 4.82. The normalized spacial score (nSPS) is 30.4. The molecule has 0 aliphatic heterocycles. The fourth-order valence-corrected chi connectivity index (χ4v) is 3.12. The van der Waals surface area contributed by atoms with E-state index >= 15 is 0 Å². The van der Waals surface area contributed by atoms with Crippen molar-refractivity contribution in [1.82, 2.24) is 5.32 Å². The smallest absolute Gasteiger partial charge is 0.223 e. The largest absolute Gasteiger partial charge is 0.388 e. The minimum absolute atomic E-state index is 0.116. The van der Waals surface area contributed by atoms with Gasteiger partial charge in [0.05, 0.1) is 5.60 Å². The van der Waals surface area contributed by atoms with Crippen molar-refractivity contribution < 1.29 is 9.90 Å². The van der Waals surface area contributed by atoms with Gasteiger partial charge in [-0.25, -0.2) is 0 Å². The Kier molecular flexibility index (Phi) is 3.48. The number of hydrogen-bond donors (Lipinski definition) is 2. The van der Waals surface area contributed by atoms with E-state index in [-0.39, 0.29) is 17.2 Å². The maximum atomic E-state index is 12.2. The van der Waals surface area contributed by atoms with E-state index in [1.165, 1.54) is 6.42 Å². The van der Waals surface area contributed by atoms with Crippen LogP contribution in [0.2, 0.25) is 0 Å². The molecule has 0 saturated heterocycles. The van der Waals surface area contributed by atoms with Gasteiger partial charge in [-0.15, -0.1) is 0 Å². The highest BCUT2D eigenvalue weighted by atomic mass is 16.3. The molecule has 17 heavy (non-hydrogen) atoms. The molecule has 1 amide bonds. The van der Waals surface area contributed by atoms with E-state index in [1.807, 2.05) is 0 Å². The van der Waals surface area contributed by atoms with Crippen LogP contribution in [0.5, 0.6) is 0 Å². The molecule has 2 fully saturated rings. The summed E-state index contributed by atoms with van der Waals surface area (Å²) in [5.41, 5.74) is -0.487. The molecule has 2 aliphatic carbocycles. The van der Waals surface area contributed by atoms with Crippen molar-refractivity contribution in [1.29, 1.82) is 0 Å². The maximum Gasteiger partial charge on any atom is 0.223 e. The van der Waals surface area contributed by atoms with E-state index in [9.17, 15) is 9.90 Å². The Labute approximate surface area is 104 Å². The van der Waals surface area contributed by atoms with Gasteiger partial charge in [0.25, 0.3) is 0 Å². The molecule has 0 aromatic carbocycles. The van der Waals surface area contributed by atoms with Gasteiger partial charge in [0, 0.05) is 12.5 Å². The highest BCUT2D eigenvalue weighted by molar-refractivity contribution is 5.79. The number of amides is 1. The number of carbonyl (C=O) groups excluding carboxylic acids is 1. The van der Waals surface area contributed by atoms with Gasteiger partial charge >= 0.3 is 0 Å². The number of aliphatic hydroxyl groups is 1. The number of hydrogen-bond acceptors (Lipinski definition) is 2. The molecule has 0 aromatic rings. The minimum atomic E-state index is -0.603. The van der Waals surface area contributed by atoms with Crippen molar-refractivity contribution in [2.75, 3.05) is 6.54 Å². The Bertz CT molecular complexity index is 295. The molecule has 2 saturated carbocycles. The predicted molar refractivity (Wildman–Crippen MR) is 67.5 cm³/mol. The fourth-order valence-electron chi connectivity index (χ4n) is 3.12. The molecular weight excluding hydrogens is 214 g/mol. The van der Waals surface area contributed by atoms with E-state index < -0.39 is 5.60 Å². The minimum Gasteiger partial charge on any atom is -0.388 e. The molecule has 2 aliphatic rings. The van der Waals surface area contributed by atoms with Gasteiger partial charge in [-0.3, -0.25) is 4.79 Å². The molecule has 0 aromatic heterocycles. The zero-order valence-corrected chi connectivity index (χ0v) is 11.1. The SMILES string of the molecule is CC1(C)CCCCC1C(=O)NCC1(O)CCC1. The second-order valence-electron chi connectivity index (χ2n) is 6.58. The van der Waals surface area contributed by atoms with Crippen LogP contribution in [0.4, 0.5) is 0 Å². The average Bonchev–Trinajstić information content (AvgIpc) is 2.22. The second kappa shape index (κ2) is 4.60. The predicted octanol–water partition coefficient (Wildman–Crippen LogP) is 2.23. The molecule has 1 unspecified atom stereocenters. The molecule has 2 N–H and O–H groups in total. The molecule has 0 radical (unpaired) electrons. The van der Waals surface area contributed by atoms with Crippen LogP contribution in [0.3, 0.4) is 0 Å². The first-order valence-corrected chi connectivity index (χ1v) is 6.93. The fraction of sp³-hybridized carbons (Fsp3) is 0.929. The summed E-state index contributed by atoms with van der Waals surface area (Å²) < 4.78 is 0. The van der Waals surface area contributed by atoms with Crippen molar-refractivity contribution in [3.8, 4) is 0 Å². The lowest BCUT2D eigenvalue weighted by atomic mass is 9.68. The molecular formula is C14H25NO2. The van der Waals surface area contributed by atoms with Crippen LogP contribution in [-0.2, 0) is 4.79 Å². The zero-order valence-electron chi connectivity index (χ0n) is 11.1. The Hall–Kier alpha value is -0.570. The topological polar surface area (TPSA) is 49.3 Å². The van der Waals surface area contributed by atoms with E-state index in [4.69, 9.17) is 0 Å². The van der Waals surface area contributed by atoms with Crippen LogP contribution in [0.25, 0.3) is 0 Å². The van der Waals surface area contributed by atoms with Gasteiger partial charge in [-0.05, 0) is 37.5 Å². The van der Waals surface area contributed by atoms with Gasteiger partial charge in [-0.1, -0.05) is 26.7 Å². The third kappa shape index (κ3) is 2.82. The molecule has 1 atom stereocenters. The second-order valence-corrected chi connectivity index (χ2v) is 6.58. The average molecular weight is 239 g/mol. The number of carbonyl (C=O) groups is 1. The van der Waals surface area contributed by atoms with Crippen LogP contribution in [0.15, 0.2) is 0 Å². The van der Waals surface area contributed by atoms with Crippen molar-refractivity contribution in [3.63, 3.8) is 0 Å². The number of rotatable bonds is 3. The molecule has 98 valence electrons. The molecule has 2 rings (SSSR count). The first-order chi connectivity index (χ1) is 7.93. The van der Waals surface area contributed by atoms with Crippen LogP contribution in [0.1, 0.15) is 58.8 Å². The van der Waals surface area contributed by atoms with Crippen molar-refractivity contribution in [2.24, 2.45) is 11.3 Å². The summed E-state index contributed by atoms with van der Waals surface area (Å²) in [4.78, 5) is 12.2. The zero-order chi connectivity index (χ0) is 12.5. The summed E-state index contributed by atoms with van der Waals surface area (Å²) in [5, 5.41) is 12.9. The molecule has 0 bridgehead atoms. The lowest BCUT2D eigenvalue weighted by Crippen LogP contribution is -2.50. The molecule has 3 heteroatoms. The van der Waals surface area contributed by atoms with Gasteiger partial charge in [0.2, 0.25) is 5.91 Å². The van der Waals surface area contributed by atoms with Gasteiger partial charge in [-0.2, -0.15) is 0 Å². The number of nitrogens with one attached hydrogen (secondary N) is 1. The Morgan fingerprint density at radius 2 is 1.94 bits per heavy atom. The lowest BCUT2D eigenvalue weighted by Gasteiger charge is -2.40. The molecule has 0 heterocycles.